The molecule has 0 saturated heterocycles. The number of aryl methyl sites for hydroxylation is 2. The summed E-state index contributed by atoms with van der Waals surface area (Å²) in [6, 6.07) is 2.10. The van der Waals surface area contributed by atoms with Gasteiger partial charge < -0.3 is 9.73 Å². The fourth-order valence-electron chi connectivity index (χ4n) is 1.50. The highest BCUT2D eigenvalue weighted by molar-refractivity contribution is 7.15. The van der Waals surface area contributed by atoms with Gasteiger partial charge in [-0.05, 0) is 32.0 Å². The molecule has 0 fully saturated rings. The van der Waals surface area contributed by atoms with Gasteiger partial charge in [0, 0.05) is 17.8 Å². The maximum absolute atomic E-state index is 5.63. The summed E-state index contributed by atoms with van der Waals surface area (Å²) in [6.45, 7) is 8.12. The number of thiophene rings is 1. The van der Waals surface area contributed by atoms with Crippen LogP contribution in [-0.4, -0.2) is 23.3 Å². The number of rotatable bonds is 5. The molecule has 0 aromatic carbocycles. The third kappa shape index (κ3) is 2.92. The van der Waals surface area contributed by atoms with Crippen LogP contribution in [0.15, 0.2) is 10.5 Å². The lowest BCUT2D eigenvalue weighted by Crippen LogP contribution is -2.16. The highest BCUT2D eigenvalue weighted by atomic mass is 32.1. The van der Waals surface area contributed by atoms with E-state index in [1.54, 1.807) is 11.3 Å². The molecule has 0 unspecified atom stereocenters. The molecule has 0 aliphatic rings. The van der Waals surface area contributed by atoms with Crippen molar-refractivity contribution in [1.29, 1.82) is 0 Å². The lowest BCUT2D eigenvalue weighted by atomic mass is 10.3. The third-order valence-corrected chi connectivity index (χ3v) is 3.75. The minimum atomic E-state index is 0.637. The Morgan fingerprint density at radius 2 is 2.18 bits per heavy atom. The van der Waals surface area contributed by atoms with E-state index in [9.17, 15) is 0 Å². The summed E-state index contributed by atoms with van der Waals surface area (Å²) in [5.41, 5.74) is 1.28. The SMILES string of the molecule is CCNCCc1nnc(-c2cc(C)c(C)s2)o1. The number of aromatic nitrogens is 2. The van der Waals surface area contributed by atoms with E-state index in [1.165, 1.54) is 10.4 Å². The summed E-state index contributed by atoms with van der Waals surface area (Å²) < 4.78 is 5.63. The zero-order valence-corrected chi connectivity index (χ0v) is 11.2. The van der Waals surface area contributed by atoms with Gasteiger partial charge in [-0.25, -0.2) is 0 Å². The summed E-state index contributed by atoms with van der Waals surface area (Å²) in [5.74, 6) is 1.34. The normalized spacial score (nSPS) is 11.0. The average Bonchev–Trinajstić information content (AvgIpc) is 2.88. The van der Waals surface area contributed by atoms with Gasteiger partial charge in [-0.2, -0.15) is 0 Å². The minimum absolute atomic E-state index is 0.637. The molecule has 0 spiro atoms. The predicted octanol–water partition coefficient (Wildman–Crippen LogP) is 2.57. The standard InChI is InChI=1S/C12H17N3OS/c1-4-13-6-5-11-14-15-12(16-11)10-7-8(2)9(3)17-10/h7,13H,4-6H2,1-3H3. The molecule has 0 bridgehead atoms. The second kappa shape index (κ2) is 5.42. The van der Waals surface area contributed by atoms with E-state index in [0.717, 1.165) is 24.4 Å². The van der Waals surface area contributed by atoms with Crippen molar-refractivity contribution < 1.29 is 4.42 Å². The molecule has 0 aliphatic carbocycles. The van der Waals surface area contributed by atoms with Crippen LogP contribution >= 0.6 is 11.3 Å². The van der Waals surface area contributed by atoms with E-state index in [2.05, 4.69) is 42.4 Å². The second-order valence-electron chi connectivity index (χ2n) is 3.95. The van der Waals surface area contributed by atoms with E-state index in [-0.39, 0.29) is 0 Å². The lowest BCUT2D eigenvalue weighted by Gasteiger charge is -1.95. The lowest BCUT2D eigenvalue weighted by molar-refractivity contribution is 0.497. The summed E-state index contributed by atoms with van der Waals surface area (Å²) in [6.07, 6.45) is 0.782. The summed E-state index contributed by atoms with van der Waals surface area (Å²) in [5, 5.41) is 11.4. The fourth-order valence-corrected chi connectivity index (χ4v) is 2.46. The van der Waals surface area contributed by atoms with E-state index in [1.807, 2.05) is 0 Å². The van der Waals surface area contributed by atoms with E-state index in [4.69, 9.17) is 4.42 Å². The van der Waals surface area contributed by atoms with Crippen LogP contribution in [0.3, 0.4) is 0 Å². The van der Waals surface area contributed by atoms with Gasteiger partial charge in [-0.15, -0.1) is 21.5 Å². The Kier molecular flexibility index (Phi) is 3.91. The van der Waals surface area contributed by atoms with Crippen LogP contribution in [-0.2, 0) is 6.42 Å². The molecule has 0 saturated carbocycles. The Hall–Kier alpha value is -1.20. The monoisotopic (exact) mass is 251 g/mol. The van der Waals surface area contributed by atoms with Gasteiger partial charge in [0.05, 0.1) is 4.88 Å². The van der Waals surface area contributed by atoms with Crippen molar-refractivity contribution in [3.63, 3.8) is 0 Å². The number of likely N-dealkylation sites (N-methyl/N-ethyl adjacent to an activating group) is 1. The molecule has 0 amide bonds. The van der Waals surface area contributed by atoms with Crippen molar-refractivity contribution in [3.05, 3.63) is 22.4 Å². The molecule has 2 aromatic rings. The number of hydrogen-bond donors (Lipinski definition) is 1. The molecule has 0 atom stereocenters. The highest BCUT2D eigenvalue weighted by Gasteiger charge is 2.11. The third-order valence-electron chi connectivity index (χ3n) is 2.61. The van der Waals surface area contributed by atoms with Gasteiger partial charge >= 0.3 is 0 Å². The Bertz CT molecular complexity index is 470. The van der Waals surface area contributed by atoms with Crippen molar-refractivity contribution in [2.24, 2.45) is 0 Å². The largest absolute Gasteiger partial charge is 0.420 e. The fraction of sp³-hybridized carbons (Fsp3) is 0.500. The molecule has 17 heavy (non-hydrogen) atoms. The average molecular weight is 251 g/mol. The van der Waals surface area contributed by atoms with Gasteiger partial charge in [0.1, 0.15) is 0 Å². The Morgan fingerprint density at radius 1 is 1.35 bits per heavy atom. The van der Waals surface area contributed by atoms with Crippen LogP contribution in [0.2, 0.25) is 0 Å². The molecular formula is C12H17N3OS. The molecular weight excluding hydrogens is 234 g/mol. The minimum Gasteiger partial charge on any atom is -0.420 e. The molecule has 2 heterocycles. The zero-order chi connectivity index (χ0) is 12.3. The van der Waals surface area contributed by atoms with E-state index >= 15 is 0 Å². The summed E-state index contributed by atoms with van der Waals surface area (Å²) in [4.78, 5) is 2.36. The molecule has 2 aromatic heterocycles. The summed E-state index contributed by atoms with van der Waals surface area (Å²) >= 11 is 1.70. The number of nitrogens with one attached hydrogen (secondary N) is 1. The van der Waals surface area contributed by atoms with Crippen LogP contribution in [0, 0.1) is 13.8 Å². The topological polar surface area (TPSA) is 51.0 Å². The van der Waals surface area contributed by atoms with Crippen molar-refractivity contribution in [2.75, 3.05) is 13.1 Å². The van der Waals surface area contributed by atoms with Gasteiger partial charge in [-0.3, -0.25) is 0 Å². The number of hydrogen-bond acceptors (Lipinski definition) is 5. The van der Waals surface area contributed by atoms with Gasteiger partial charge in [0.15, 0.2) is 0 Å². The van der Waals surface area contributed by atoms with Crippen LogP contribution in [0.4, 0.5) is 0 Å². The summed E-state index contributed by atoms with van der Waals surface area (Å²) in [7, 11) is 0. The quantitative estimate of drug-likeness (QED) is 0.830. The predicted molar refractivity (Wildman–Crippen MR) is 69.3 cm³/mol. The Labute approximate surface area is 105 Å². The van der Waals surface area contributed by atoms with Gasteiger partial charge in [0.25, 0.3) is 5.89 Å². The van der Waals surface area contributed by atoms with Crippen LogP contribution < -0.4 is 5.32 Å². The molecule has 2 rings (SSSR count). The van der Waals surface area contributed by atoms with Crippen molar-refractivity contribution in [3.8, 4) is 10.8 Å². The molecule has 0 radical (unpaired) electrons. The van der Waals surface area contributed by atoms with Gasteiger partial charge in [-0.1, -0.05) is 6.92 Å². The first kappa shape index (κ1) is 12.3. The maximum atomic E-state index is 5.63. The first-order valence-corrected chi connectivity index (χ1v) is 6.63. The van der Waals surface area contributed by atoms with Gasteiger partial charge in [0.2, 0.25) is 5.89 Å². The Balaban J connectivity index is 2.07. The second-order valence-corrected chi connectivity index (χ2v) is 5.21. The molecule has 4 nitrogen and oxygen atoms in total. The van der Waals surface area contributed by atoms with Crippen LogP contribution in [0.1, 0.15) is 23.3 Å². The molecule has 5 heteroatoms. The Morgan fingerprint density at radius 3 is 2.82 bits per heavy atom. The zero-order valence-electron chi connectivity index (χ0n) is 10.4. The highest BCUT2D eigenvalue weighted by Crippen LogP contribution is 2.29. The van der Waals surface area contributed by atoms with Crippen LogP contribution in [0.25, 0.3) is 10.8 Å². The first-order valence-electron chi connectivity index (χ1n) is 5.81. The van der Waals surface area contributed by atoms with Crippen LogP contribution in [0.5, 0.6) is 0 Å². The maximum Gasteiger partial charge on any atom is 0.257 e. The van der Waals surface area contributed by atoms with Crippen molar-refractivity contribution in [2.45, 2.75) is 27.2 Å². The molecule has 92 valence electrons. The molecule has 0 aliphatic heterocycles. The van der Waals surface area contributed by atoms with E-state index < -0.39 is 0 Å². The number of nitrogens with zero attached hydrogens (tertiary/aromatic N) is 2. The molecule has 1 N–H and O–H groups in total. The van der Waals surface area contributed by atoms with Crippen molar-refractivity contribution >= 4 is 11.3 Å². The first-order chi connectivity index (χ1) is 8.20. The smallest absolute Gasteiger partial charge is 0.257 e. The van der Waals surface area contributed by atoms with Crippen molar-refractivity contribution in [1.82, 2.24) is 15.5 Å². The van der Waals surface area contributed by atoms with E-state index in [0.29, 0.717) is 11.8 Å².